The zero-order valence-electron chi connectivity index (χ0n) is 23.3. The molecule has 44 heavy (non-hydrogen) atoms. The van der Waals surface area contributed by atoms with Crippen molar-refractivity contribution in [3.8, 4) is 22.9 Å². The zero-order chi connectivity index (χ0) is 32.3. The molecule has 3 aliphatic rings. The second-order valence-electron chi connectivity index (χ2n) is 11.3. The molecular formula is C29H27F6N3O5S. The lowest BCUT2D eigenvalue weighted by Crippen LogP contribution is -2.53. The fourth-order valence-corrected chi connectivity index (χ4v) is 7.45. The number of carbonyl (C=O) groups is 2. The highest BCUT2D eigenvalue weighted by Crippen LogP contribution is 2.59. The van der Waals surface area contributed by atoms with Crippen molar-refractivity contribution in [2.24, 2.45) is 5.41 Å². The molecule has 2 amide bonds. The maximum Gasteiger partial charge on any atom is 0.417 e. The molecule has 236 valence electrons. The number of halogens is 6. The molecule has 2 saturated carbocycles. The summed E-state index contributed by atoms with van der Waals surface area (Å²) < 4.78 is 118. The van der Waals surface area contributed by atoms with Crippen LogP contribution in [0.3, 0.4) is 0 Å². The van der Waals surface area contributed by atoms with Gasteiger partial charge in [0.1, 0.15) is 22.7 Å². The number of sulfone groups is 1. The van der Waals surface area contributed by atoms with Gasteiger partial charge < -0.3 is 15.0 Å². The third-order valence-electron chi connectivity index (χ3n) is 8.38. The van der Waals surface area contributed by atoms with Crippen molar-refractivity contribution >= 4 is 21.7 Å². The molecule has 15 heteroatoms. The number of hydrogen-bond donors (Lipinski definition) is 1. The Labute approximate surface area is 248 Å². The summed E-state index contributed by atoms with van der Waals surface area (Å²) in [6.45, 7) is 0.969. The maximum absolute atomic E-state index is 14.4. The number of benzene rings is 2. The number of carbonyl (C=O) groups excluding carboxylic acids is 2. The largest absolute Gasteiger partial charge is 0.493 e. The Morgan fingerprint density at radius 1 is 1.07 bits per heavy atom. The molecule has 0 bridgehead atoms. The van der Waals surface area contributed by atoms with Crippen LogP contribution >= 0.6 is 0 Å². The molecule has 1 aliphatic heterocycles. The molecule has 2 aliphatic carbocycles. The van der Waals surface area contributed by atoms with Gasteiger partial charge in [-0.05, 0) is 62.8 Å². The summed E-state index contributed by atoms with van der Waals surface area (Å²) in [5, 5.41) is 9.91. The van der Waals surface area contributed by atoms with Gasteiger partial charge in [-0.15, -0.1) is 0 Å². The molecule has 0 unspecified atom stereocenters. The molecule has 1 heterocycles. The molecule has 1 saturated heterocycles. The highest BCUT2D eigenvalue weighted by Gasteiger charge is 2.70. The van der Waals surface area contributed by atoms with Crippen molar-refractivity contribution in [2.45, 2.75) is 73.1 Å². The van der Waals surface area contributed by atoms with Gasteiger partial charge in [0.25, 0.3) is 0 Å². The van der Waals surface area contributed by atoms with Crippen LogP contribution in [0.1, 0.15) is 44.6 Å². The van der Waals surface area contributed by atoms with Crippen LogP contribution in [0.5, 0.6) is 5.75 Å². The Morgan fingerprint density at radius 2 is 1.73 bits per heavy atom. The normalized spacial score (nSPS) is 22.2. The van der Waals surface area contributed by atoms with E-state index in [9.17, 15) is 49.6 Å². The number of nitrogens with zero attached hydrogens (tertiary/aromatic N) is 2. The van der Waals surface area contributed by atoms with E-state index < -0.39 is 92.5 Å². The average Bonchev–Trinajstić information content (AvgIpc) is 3.88. The molecule has 0 spiro atoms. The lowest BCUT2D eigenvalue weighted by atomic mass is 10.0. The third-order valence-corrected chi connectivity index (χ3v) is 10.6. The number of likely N-dealkylation sites (tertiary alicyclic amines) is 1. The first kappa shape index (κ1) is 31.6. The number of nitrogens with one attached hydrogen (secondary N) is 1. The molecule has 2 aromatic carbocycles. The Balaban J connectivity index is 1.53. The molecule has 0 radical (unpaired) electrons. The van der Waals surface area contributed by atoms with Crippen molar-refractivity contribution in [2.75, 3.05) is 13.2 Å². The van der Waals surface area contributed by atoms with E-state index in [2.05, 4.69) is 5.32 Å². The van der Waals surface area contributed by atoms with Gasteiger partial charge in [0, 0.05) is 12.1 Å². The van der Waals surface area contributed by atoms with Crippen LogP contribution < -0.4 is 10.1 Å². The SMILES string of the molecule is CCOc1ccccc1-c1ccc(S(=O)(=O)[C@@H]2C[C@@H](C(=O)NC3(C#N)CC3)N(C(=O)C3(C(F)(F)F)CC3)C2)c(C(F)(F)F)c1. The first-order valence-electron chi connectivity index (χ1n) is 13.8. The van der Waals surface area contributed by atoms with Crippen LogP contribution in [0.15, 0.2) is 47.4 Å². The van der Waals surface area contributed by atoms with Gasteiger partial charge >= 0.3 is 12.4 Å². The van der Waals surface area contributed by atoms with Gasteiger partial charge in [-0.25, -0.2) is 8.42 Å². The van der Waals surface area contributed by atoms with E-state index in [0.29, 0.717) is 11.0 Å². The summed E-state index contributed by atoms with van der Waals surface area (Å²) in [5.74, 6) is -2.28. The van der Waals surface area contributed by atoms with E-state index in [1.165, 1.54) is 12.1 Å². The topological polar surface area (TPSA) is 117 Å². The Kier molecular flexibility index (Phi) is 7.67. The smallest absolute Gasteiger partial charge is 0.417 e. The van der Waals surface area contributed by atoms with Crippen molar-refractivity contribution < 1.29 is 49.1 Å². The van der Waals surface area contributed by atoms with Crippen LogP contribution in [-0.2, 0) is 25.6 Å². The average molecular weight is 644 g/mol. The molecule has 0 aromatic heterocycles. The third kappa shape index (κ3) is 5.48. The standard InChI is InChI=1S/C29H27F6N3O5S/c1-2-43-22-6-4-3-5-19(22)17-7-8-23(20(13-17)28(30,31)32)44(41,42)18-14-21(24(39)37-26(16-36)9-10-26)38(15-18)25(40)27(11-12-27)29(33,34)35/h3-8,13,18,21H,2,9-12,14-15H2,1H3,(H,37,39)/t18-,21+/m1/s1. The van der Waals surface area contributed by atoms with Gasteiger partial charge in [-0.2, -0.15) is 31.6 Å². The zero-order valence-corrected chi connectivity index (χ0v) is 24.1. The van der Waals surface area contributed by atoms with Gasteiger partial charge in [0.15, 0.2) is 9.84 Å². The minimum Gasteiger partial charge on any atom is -0.493 e. The number of para-hydroxylation sites is 1. The number of nitriles is 1. The van der Waals surface area contributed by atoms with Crippen molar-refractivity contribution in [1.29, 1.82) is 5.26 Å². The Morgan fingerprint density at radius 3 is 2.27 bits per heavy atom. The molecule has 2 aromatic rings. The Bertz CT molecular complexity index is 1640. The van der Waals surface area contributed by atoms with E-state index in [1.807, 2.05) is 6.07 Å². The van der Waals surface area contributed by atoms with Gasteiger partial charge in [0.05, 0.1) is 28.4 Å². The van der Waals surface area contributed by atoms with Crippen LogP contribution in [-0.4, -0.2) is 61.3 Å². The molecular weight excluding hydrogens is 616 g/mol. The van der Waals surface area contributed by atoms with E-state index in [-0.39, 0.29) is 36.3 Å². The van der Waals surface area contributed by atoms with Crippen molar-refractivity contribution in [3.63, 3.8) is 0 Å². The highest BCUT2D eigenvalue weighted by atomic mass is 32.2. The van der Waals surface area contributed by atoms with Gasteiger partial charge in [-0.3, -0.25) is 9.59 Å². The summed E-state index contributed by atoms with van der Waals surface area (Å²) in [5.41, 5.74) is -5.33. The predicted octanol–water partition coefficient (Wildman–Crippen LogP) is 5.03. The first-order chi connectivity index (χ1) is 20.5. The molecule has 1 N–H and O–H groups in total. The minimum absolute atomic E-state index is 0.00731. The molecule has 8 nitrogen and oxygen atoms in total. The summed E-state index contributed by atoms with van der Waals surface area (Å²) in [7, 11) is -4.97. The maximum atomic E-state index is 14.4. The minimum atomic E-state index is -5.16. The van der Waals surface area contributed by atoms with Crippen LogP contribution in [0, 0.1) is 16.7 Å². The van der Waals surface area contributed by atoms with Crippen molar-refractivity contribution in [3.05, 3.63) is 48.0 Å². The van der Waals surface area contributed by atoms with Crippen molar-refractivity contribution in [1.82, 2.24) is 10.2 Å². The first-order valence-corrected chi connectivity index (χ1v) is 15.3. The van der Waals surface area contributed by atoms with E-state index in [4.69, 9.17) is 4.74 Å². The molecule has 5 rings (SSSR count). The fraction of sp³-hybridized carbons (Fsp3) is 0.483. The number of alkyl halides is 6. The van der Waals surface area contributed by atoms with Crippen LogP contribution in [0.4, 0.5) is 26.3 Å². The lowest BCUT2D eigenvalue weighted by molar-refractivity contribution is -0.199. The summed E-state index contributed by atoms with van der Waals surface area (Å²) in [6.07, 6.45) is -11.5. The Hall–Kier alpha value is -3.80. The number of amides is 2. The second-order valence-corrected chi connectivity index (χ2v) is 13.5. The monoisotopic (exact) mass is 643 g/mol. The summed E-state index contributed by atoms with van der Waals surface area (Å²) in [6, 6.07) is 8.94. The molecule has 3 fully saturated rings. The second kappa shape index (κ2) is 10.7. The van der Waals surface area contributed by atoms with Crippen LogP contribution in [0.25, 0.3) is 11.1 Å². The fourth-order valence-electron chi connectivity index (χ4n) is 5.56. The van der Waals surface area contributed by atoms with Gasteiger partial charge in [0.2, 0.25) is 11.8 Å². The number of ether oxygens (including phenoxy) is 1. The lowest BCUT2D eigenvalue weighted by Gasteiger charge is -2.29. The van der Waals surface area contributed by atoms with E-state index in [0.717, 1.165) is 12.1 Å². The molecule has 2 atom stereocenters. The quantitative estimate of drug-likeness (QED) is 0.404. The number of rotatable bonds is 8. The summed E-state index contributed by atoms with van der Waals surface area (Å²) >= 11 is 0. The van der Waals surface area contributed by atoms with Crippen LogP contribution in [0.2, 0.25) is 0 Å². The predicted molar refractivity (Wildman–Crippen MR) is 143 cm³/mol. The van der Waals surface area contributed by atoms with E-state index >= 15 is 0 Å². The van der Waals surface area contributed by atoms with E-state index in [1.54, 1.807) is 19.1 Å². The van der Waals surface area contributed by atoms with Gasteiger partial charge in [-0.1, -0.05) is 24.3 Å². The number of hydrogen-bond acceptors (Lipinski definition) is 6. The summed E-state index contributed by atoms with van der Waals surface area (Å²) in [4.78, 5) is 25.8. The highest BCUT2D eigenvalue weighted by molar-refractivity contribution is 7.92.